The fourth-order valence-corrected chi connectivity index (χ4v) is 5.64. The van der Waals surface area contributed by atoms with Crippen LogP contribution in [0.15, 0.2) is 48.5 Å². The van der Waals surface area contributed by atoms with Crippen LogP contribution in [-0.2, 0) is 19.3 Å². The molecular formula is C38H62N2O9. The van der Waals surface area contributed by atoms with Crippen molar-refractivity contribution in [3.63, 3.8) is 0 Å². The van der Waals surface area contributed by atoms with Crippen LogP contribution in [0.25, 0.3) is 0 Å². The minimum atomic E-state index is -1.92. The molecule has 11 heteroatoms. The third-order valence-electron chi connectivity index (χ3n) is 9.43. The second-order valence-corrected chi connectivity index (χ2v) is 13.4. The van der Waals surface area contributed by atoms with E-state index in [-0.39, 0.29) is 12.8 Å². The van der Waals surface area contributed by atoms with Gasteiger partial charge in [0, 0.05) is 16.3 Å². The summed E-state index contributed by atoms with van der Waals surface area (Å²) in [6.45, 7) is 1.50. The predicted molar refractivity (Wildman–Crippen MR) is 193 cm³/mol. The molecule has 0 saturated heterocycles. The molecule has 0 amide bonds. The van der Waals surface area contributed by atoms with Crippen molar-refractivity contribution in [2.45, 2.75) is 140 Å². The summed E-state index contributed by atoms with van der Waals surface area (Å²) in [7, 11) is 0. The third-order valence-corrected chi connectivity index (χ3v) is 9.43. The highest BCUT2D eigenvalue weighted by Gasteiger charge is 2.44. The maximum atomic E-state index is 11.1. The Labute approximate surface area is 292 Å². The number of aliphatic hydroxyl groups excluding tert-OH is 5. The molecule has 1 atom stereocenters. The molecule has 0 saturated carbocycles. The fourth-order valence-electron chi connectivity index (χ4n) is 5.64. The molecule has 2 aromatic rings. The van der Waals surface area contributed by atoms with E-state index < -0.39 is 53.5 Å². The summed E-state index contributed by atoms with van der Waals surface area (Å²) in [4.78, 5) is 20.9. The predicted octanol–water partition coefficient (Wildman–Crippen LogP) is 6.54. The molecule has 49 heavy (non-hydrogen) atoms. The van der Waals surface area contributed by atoms with Crippen molar-refractivity contribution in [1.82, 2.24) is 0 Å². The van der Waals surface area contributed by atoms with Crippen molar-refractivity contribution in [3.8, 4) is 0 Å². The zero-order valence-electron chi connectivity index (χ0n) is 29.8. The maximum Gasteiger partial charge on any atom is 0.270 e. The summed E-state index contributed by atoms with van der Waals surface area (Å²) in [5.74, 6) is 0. The Bertz CT molecular complexity index is 1150. The van der Waals surface area contributed by atoms with E-state index in [1.807, 2.05) is 24.3 Å². The van der Waals surface area contributed by atoms with Gasteiger partial charge in [-0.3, -0.25) is 20.2 Å². The zero-order valence-corrected chi connectivity index (χ0v) is 29.8. The van der Waals surface area contributed by atoms with Crippen molar-refractivity contribution in [2.75, 3.05) is 26.4 Å². The molecule has 0 aromatic heterocycles. The Morgan fingerprint density at radius 2 is 0.898 bits per heavy atom. The molecule has 0 radical (unpaired) electrons. The average molecular weight is 691 g/mol. The molecule has 1 unspecified atom stereocenters. The van der Waals surface area contributed by atoms with Gasteiger partial charge in [-0.2, -0.15) is 0 Å². The Morgan fingerprint density at radius 3 is 1.27 bits per heavy atom. The first-order valence-electron chi connectivity index (χ1n) is 18.1. The monoisotopic (exact) mass is 690 g/mol. The van der Waals surface area contributed by atoms with Gasteiger partial charge < -0.3 is 25.5 Å². The van der Waals surface area contributed by atoms with E-state index in [0.717, 1.165) is 24.8 Å². The lowest BCUT2D eigenvalue weighted by Gasteiger charge is -2.23. The lowest BCUT2D eigenvalue weighted by Crippen LogP contribution is -2.47. The van der Waals surface area contributed by atoms with Gasteiger partial charge in [0.25, 0.3) is 11.1 Å². The fraction of sp³-hybridized carbons (Fsp3) is 0.684. The number of nitro groups is 2. The highest BCUT2D eigenvalue weighted by Crippen LogP contribution is 2.27. The van der Waals surface area contributed by atoms with E-state index in [4.69, 9.17) is 0 Å². The first kappa shape index (κ1) is 44.1. The number of aryl methyl sites for hydroxylation is 3. The first-order chi connectivity index (χ1) is 23.6. The van der Waals surface area contributed by atoms with Gasteiger partial charge >= 0.3 is 0 Å². The van der Waals surface area contributed by atoms with Crippen LogP contribution < -0.4 is 0 Å². The standard InChI is InChI=1S/C19H31NO5.C19H31NO4/c1-2-3-4-5-6-7-8-16-9-11-17(12-10-16)18(23)13-19(14-21,15-22)20(24)25;1-2-3-4-5-6-7-8-17-9-11-18(12-10-17)13-14-19(15-21,16-22)20(23)24/h9-12,18,21-23H,2-8,13-15H2,1H3;9-12,21-22H,2-8,13-16H2,1H3. The highest BCUT2D eigenvalue weighted by atomic mass is 16.6. The molecular weight excluding hydrogens is 628 g/mol. The van der Waals surface area contributed by atoms with E-state index in [9.17, 15) is 45.8 Å². The van der Waals surface area contributed by atoms with Gasteiger partial charge in [0.15, 0.2) is 0 Å². The van der Waals surface area contributed by atoms with Gasteiger partial charge in [0.2, 0.25) is 0 Å². The lowest BCUT2D eigenvalue weighted by atomic mass is 9.91. The molecule has 2 aromatic carbocycles. The Balaban J connectivity index is 0.000000490. The molecule has 0 bridgehead atoms. The largest absolute Gasteiger partial charge is 0.389 e. The molecule has 278 valence electrons. The van der Waals surface area contributed by atoms with Gasteiger partial charge in [0.1, 0.15) is 26.4 Å². The number of unbranched alkanes of at least 4 members (excludes halogenated alkanes) is 10. The van der Waals surface area contributed by atoms with E-state index in [2.05, 4.69) is 26.0 Å². The SMILES string of the molecule is CCCCCCCCc1ccc(C(O)CC(CO)(CO)[N+](=O)[O-])cc1.CCCCCCCCc1ccc(CCC(CO)(CO)[N+](=O)[O-])cc1. The number of rotatable bonds is 26. The van der Waals surface area contributed by atoms with Crippen molar-refractivity contribution in [1.29, 1.82) is 0 Å². The van der Waals surface area contributed by atoms with Crippen LogP contribution in [0, 0.1) is 20.2 Å². The Morgan fingerprint density at radius 1 is 0.551 bits per heavy atom. The molecule has 0 spiro atoms. The Hall–Kier alpha value is -2.96. The van der Waals surface area contributed by atoms with Crippen molar-refractivity contribution in [2.24, 2.45) is 0 Å². The number of benzene rings is 2. The molecule has 0 fully saturated rings. The van der Waals surface area contributed by atoms with E-state index in [1.165, 1.54) is 81.8 Å². The van der Waals surface area contributed by atoms with Crippen LogP contribution in [-0.4, -0.2) is 72.9 Å². The van der Waals surface area contributed by atoms with Gasteiger partial charge in [-0.25, -0.2) is 0 Å². The molecule has 0 aliphatic rings. The number of aliphatic hydroxyl groups is 5. The van der Waals surface area contributed by atoms with Crippen LogP contribution in [0.3, 0.4) is 0 Å². The van der Waals surface area contributed by atoms with E-state index >= 15 is 0 Å². The van der Waals surface area contributed by atoms with Gasteiger partial charge in [-0.05, 0) is 54.4 Å². The third kappa shape index (κ3) is 16.1. The zero-order chi connectivity index (χ0) is 36.5. The van der Waals surface area contributed by atoms with E-state index in [0.29, 0.717) is 12.0 Å². The summed E-state index contributed by atoms with van der Waals surface area (Å²) in [5, 5.41) is 69.4. The normalized spacial score (nSPS) is 12.3. The second-order valence-electron chi connectivity index (χ2n) is 13.4. The summed E-state index contributed by atoms with van der Waals surface area (Å²) >= 11 is 0. The van der Waals surface area contributed by atoms with Crippen LogP contribution in [0.1, 0.15) is 132 Å². The highest BCUT2D eigenvalue weighted by molar-refractivity contribution is 5.25. The van der Waals surface area contributed by atoms with Gasteiger partial charge in [-0.1, -0.05) is 127 Å². The first-order valence-corrected chi connectivity index (χ1v) is 18.1. The maximum absolute atomic E-state index is 11.1. The quantitative estimate of drug-likeness (QED) is 0.0415. The number of hydrogen-bond donors (Lipinski definition) is 5. The lowest BCUT2D eigenvalue weighted by molar-refractivity contribution is -0.580. The Kier molecular flexibility index (Phi) is 22.5. The smallest absolute Gasteiger partial charge is 0.270 e. The summed E-state index contributed by atoms with van der Waals surface area (Å²) in [5.41, 5.74) is 0.457. The van der Waals surface area contributed by atoms with Crippen LogP contribution in [0.5, 0.6) is 0 Å². The van der Waals surface area contributed by atoms with Gasteiger partial charge in [-0.15, -0.1) is 0 Å². The molecule has 5 N–H and O–H groups in total. The van der Waals surface area contributed by atoms with Crippen molar-refractivity contribution >= 4 is 0 Å². The summed E-state index contributed by atoms with van der Waals surface area (Å²) in [6.07, 6.45) is 16.3. The summed E-state index contributed by atoms with van der Waals surface area (Å²) in [6, 6.07) is 15.5. The second kappa shape index (κ2) is 25.1. The average Bonchev–Trinajstić information content (AvgIpc) is 3.11. The van der Waals surface area contributed by atoms with Crippen molar-refractivity contribution < 1.29 is 35.4 Å². The molecule has 2 rings (SSSR count). The number of hydrogen-bond acceptors (Lipinski definition) is 9. The minimum absolute atomic E-state index is 0.129. The molecule has 0 aliphatic carbocycles. The number of nitrogens with zero attached hydrogens (tertiary/aromatic N) is 2. The van der Waals surface area contributed by atoms with Crippen molar-refractivity contribution in [3.05, 3.63) is 91.0 Å². The molecule has 0 heterocycles. The van der Waals surface area contributed by atoms with Gasteiger partial charge in [0.05, 0.1) is 12.5 Å². The minimum Gasteiger partial charge on any atom is -0.389 e. The molecule has 11 nitrogen and oxygen atoms in total. The topological polar surface area (TPSA) is 187 Å². The van der Waals surface area contributed by atoms with E-state index in [1.54, 1.807) is 12.1 Å². The summed E-state index contributed by atoms with van der Waals surface area (Å²) < 4.78 is 0. The van der Waals surface area contributed by atoms with Crippen LogP contribution in [0.4, 0.5) is 0 Å². The van der Waals surface area contributed by atoms with Crippen LogP contribution in [0.2, 0.25) is 0 Å². The van der Waals surface area contributed by atoms with Crippen LogP contribution >= 0.6 is 0 Å². The molecule has 0 aliphatic heterocycles.